The third-order valence-electron chi connectivity index (χ3n) is 3.43. The van der Waals surface area contributed by atoms with Crippen LogP contribution in [0.4, 0.5) is 0 Å². The number of aryl methyl sites for hydroxylation is 1. The van der Waals surface area contributed by atoms with Gasteiger partial charge in [-0.25, -0.2) is 0 Å². The van der Waals surface area contributed by atoms with Crippen molar-refractivity contribution >= 4 is 27.5 Å². The second kappa shape index (κ2) is 7.26. The molecular formula is C17H18BrClO. The van der Waals surface area contributed by atoms with Gasteiger partial charge in [-0.1, -0.05) is 63.4 Å². The second-order valence-electron chi connectivity index (χ2n) is 5.18. The molecule has 0 bridgehead atoms. The topological polar surface area (TPSA) is 20.2 Å². The SMILES string of the molecule is Cc1ccc(CC(CO)Cc2ccc(Br)cc2Cl)cc1. The average molecular weight is 354 g/mol. The van der Waals surface area contributed by atoms with Gasteiger partial charge < -0.3 is 5.11 Å². The van der Waals surface area contributed by atoms with Gasteiger partial charge in [-0.05, 0) is 48.9 Å². The molecule has 1 nitrogen and oxygen atoms in total. The lowest BCUT2D eigenvalue weighted by Crippen LogP contribution is -2.13. The second-order valence-corrected chi connectivity index (χ2v) is 6.50. The van der Waals surface area contributed by atoms with Crippen LogP contribution in [0.25, 0.3) is 0 Å². The van der Waals surface area contributed by atoms with E-state index in [-0.39, 0.29) is 12.5 Å². The Morgan fingerprint density at radius 3 is 2.40 bits per heavy atom. The fourth-order valence-electron chi connectivity index (χ4n) is 2.26. The van der Waals surface area contributed by atoms with Crippen molar-refractivity contribution in [2.75, 3.05) is 6.61 Å². The molecule has 0 saturated carbocycles. The Labute approximate surface area is 133 Å². The van der Waals surface area contributed by atoms with E-state index in [4.69, 9.17) is 11.6 Å². The molecule has 0 aromatic heterocycles. The number of rotatable bonds is 5. The summed E-state index contributed by atoms with van der Waals surface area (Å²) in [6, 6.07) is 14.4. The van der Waals surface area contributed by atoms with E-state index in [1.165, 1.54) is 11.1 Å². The molecule has 1 N–H and O–H groups in total. The molecule has 0 aliphatic heterocycles. The van der Waals surface area contributed by atoms with Crippen LogP contribution >= 0.6 is 27.5 Å². The van der Waals surface area contributed by atoms with Crippen LogP contribution in [0.2, 0.25) is 5.02 Å². The molecule has 0 spiro atoms. The summed E-state index contributed by atoms with van der Waals surface area (Å²) in [5.74, 6) is 0.191. The highest BCUT2D eigenvalue weighted by Gasteiger charge is 2.12. The van der Waals surface area contributed by atoms with Crippen molar-refractivity contribution in [3.8, 4) is 0 Å². The van der Waals surface area contributed by atoms with E-state index in [0.717, 1.165) is 27.9 Å². The number of aliphatic hydroxyl groups is 1. The Kier molecular flexibility index (Phi) is 5.64. The lowest BCUT2D eigenvalue weighted by molar-refractivity contribution is 0.225. The van der Waals surface area contributed by atoms with Gasteiger partial charge in [0.05, 0.1) is 0 Å². The summed E-state index contributed by atoms with van der Waals surface area (Å²) in [5, 5.41) is 10.3. The van der Waals surface area contributed by atoms with Crippen molar-refractivity contribution < 1.29 is 5.11 Å². The zero-order chi connectivity index (χ0) is 14.5. The predicted molar refractivity (Wildman–Crippen MR) is 88.3 cm³/mol. The molecule has 0 radical (unpaired) electrons. The van der Waals surface area contributed by atoms with E-state index in [9.17, 15) is 5.11 Å². The molecule has 1 atom stereocenters. The Morgan fingerprint density at radius 1 is 1.10 bits per heavy atom. The fourth-order valence-corrected chi connectivity index (χ4v) is 3.01. The third-order valence-corrected chi connectivity index (χ3v) is 4.27. The molecule has 2 aromatic rings. The Hall–Kier alpha value is -0.830. The van der Waals surface area contributed by atoms with Crippen LogP contribution in [0.1, 0.15) is 16.7 Å². The number of aliphatic hydroxyl groups excluding tert-OH is 1. The van der Waals surface area contributed by atoms with Crippen LogP contribution in [-0.2, 0) is 12.8 Å². The van der Waals surface area contributed by atoms with Gasteiger partial charge in [0, 0.05) is 16.1 Å². The quantitative estimate of drug-likeness (QED) is 0.818. The van der Waals surface area contributed by atoms with Crippen LogP contribution < -0.4 is 0 Å². The number of halogens is 2. The molecule has 20 heavy (non-hydrogen) atoms. The van der Waals surface area contributed by atoms with Gasteiger partial charge >= 0.3 is 0 Å². The van der Waals surface area contributed by atoms with Gasteiger partial charge in [-0.3, -0.25) is 0 Å². The number of benzene rings is 2. The minimum atomic E-state index is 0.167. The van der Waals surface area contributed by atoms with Gasteiger partial charge in [-0.2, -0.15) is 0 Å². The monoisotopic (exact) mass is 352 g/mol. The molecule has 0 amide bonds. The molecule has 1 unspecified atom stereocenters. The van der Waals surface area contributed by atoms with Gasteiger partial charge in [-0.15, -0.1) is 0 Å². The summed E-state index contributed by atoms with van der Waals surface area (Å²) in [6.07, 6.45) is 1.65. The summed E-state index contributed by atoms with van der Waals surface area (Å²) in [7, 11) is 0. The first-order valence-electron chi connectivity index (χ1n) is 6.69. The van der Waals surface area contributed by atoms with E-state index in [1.807, 2.05) is 18.2 Å². The minimum absolute atomic E-state index is 0.167. The Balaban J connectivity index is 2.07. The Morgan fingerprint density at radius 2 is 1.80 bits per heavy atom. The fraction of sp³-hybridized carbons (Fsp3) is 0.294. The highest BCUT2D eigenvalue weighted by molar-refractivity contribution is 9.10. The van der Waals surface area contributed by atoms with Crippen molar-refractivity contribution in [2.45, 2.75) is 19.8 Å². The lowest BCUT2D eigenvalue weighted by Gasteiger charge is -2.15. The summed E-state index contributed by atoms with van der Waals surface area (Å²) in [4.78, 5) is 0. The zero-order valence-corrected chi connectivity index (χ0v) is 13.8. The normalized spacial score (nSPS) is 12.4. The van der Waals surface area contributed by atoms with Gasteiger partial charge in [0.1, 0.15) is 0 Å². The maximum atomic E-state index is 9.60. The summed E-state index contributed by atoms with van der Waals surface area (Å²) in [5.41, 5.74) is 3.59. The summed E-state index contributed by atoms with van der Waals surface area (Å²) in [6.45, 7) is 2.25. The maximum Gasteiger partial charge on any atom is 0.0465 e. The molecule has 0 aliphatic rings. The van der Waals surface area contributed by atoms with Crippen molar-refractivity contribution in [3.63, 3.8) is 0 Å². The molecule has 0 heterocycles. The van der Waals surface area contributed by atoms with E-state index < -0.39 is 0 Å². The first-order chi connectivity index (χ1) is 9.58. The molecule has 2 aromatic carbocycles. The van der Waals surface area contributed by atoms with Crippen molar-refractivity contribution in [3.05, 3.63) is 68.7 Å². The smallest absolute Gasteiger partial charge is 0.0465 e. The number of hydrogen-bond acceptors (Lipinski definition) is 1. The van der Waals surface area contributed by atoms with Crippen molar-refractivity contribution in [1.82, 2.24) is 0 Å². The summed E-state index contributed by atoms with van der Waals surface area (Å²) >= 11 is 9.65. The van der Waals surface area contributed by atoms with Gasteiger partial charge in [0.2, 0.25) is 0 Å². The zero-order valence-electron chi connectivity index (χ0n) is 11.4. The van der Waals surface area contributed by atoms with E-state index in [0.29, 0.717) is 0 Å². The largest absolute Gasteiger partial charge is 0.396 e. The number of hydrogen-bond donors (Lipinski definition) is 1. The molecule has 2 rings (SSSR count). The molecule has 0 aliphatic carbocycles. The van der Waals surface area contributed by atoms with Crippen LogP contribution in [0.3, 0.4) is 0 Å². The van der Waals surface area contributed by atoms with Gasteiger partial charge in [0.25, 0.3) is 0 Å². The lowest BCUT2D eigenvalue weighted by atomic mass is 9.93. The van der Waals surface area contributed by atoms with Crippen LogP contribution in [0.5, 0.6) is 0 Å². The first kappa shape index (κ1) is 15.6. The third kappa shape index (κ3) is 4.34. The highest BCUT2D eigenvalue weighted by atomic mass is 79.9. The Bertz CT molecular complexity index is 566. The van der Waals surface area contributed by atoms with E-state index >= 15 is 0 Å². The molecule has 0 saturated heterocycles. The van der Waals surface area contributed by atoms with Gasteiger partial charge in [0.15, 0.2) is 0 Å². The molecular weight excluding hydrogens is 336 g/mol. The molecule has 3 heteroatoms. The van der Waals surface area contributed by atoms with Crippen molar-refractivity contribution in [2.24, 2.45) is 5.92 Å². The minimum Gasteiger partial charge on any atom is -0.396 e. The standard InChI is InChI=1S/C17H18BrClO/c1-12-2-4-13(5-3-12)8-14(11-20)9-15-6-7-16(18)10-17(15)19/h2-7,10,14,20H,8-9,11H2,1H3. The average Bonchev–Trinajstić information content (AvgIpc) is 2.43. The predicted octanol–water partition coefficient (Wildman–Crippen LogP) is 4.80. The van der Waals surface area contributed by atoms with E-state index in [1.54, 1.807) is 0 Å². The maximum absolute atomic E-state index is 9.60. The van der Waals surface area contributed by atoms with E-state index in [2.05, 4.69) is 47.1 Å². The van der Waals surface area contributed by atoms with Crippen LogP contribution in [0, 0.1) is 12.8 Å². The molecule has 0 fully saturated rings. The van der Waals surface area contributed by atoms with Crippen LogP contribution in [-0.4, -0.2) is 11.7 Å². The molecule has 106 valence electrons. The summed E-state index contributed by atoms with van der Waals surface area (Å²) < 4.78 is 0.977. The highest BCUT2D eigenvalue weighted by Crippen LogP contribution is 2.25. The first-order valence-corrected chi connectivity index (χ1v) is 7.86. The van der Waals surface area contributed by atoms with Crippen LogP contribution in [0.15, 0.2) is 46.9 Å². The van der Waals surface area contributed by atoms with Crippen molar-refractivity contribution in [1.29, 1.82) is 0 Å².